The van der Waals surface area contributed by atoms with E-state index in [4.69, 9.17) is 0 Å². The molecule has 0 saturated carbocycles. The van der Waals surface area contributed by atoms with Crippen LogP contribution in [0, 0.1) is 5.82 Å². The Bertz CT molecular complexity index is 615. The Morgan fingerprint density at radius 3 is 2.48 bits per heavy atom. The molecule has 1 rings (SSSR count). The summed E-state index contributed by atoms with van der Waals surface area (Å²) in [5, 5.41) is 0. The number of halogens is 1. The van der Waals surface area contributed by atoms with Gasteiger partial charge in [0.05, 0.1) is 17.6 Å². The average molecular weight is 317 g/mol. The van der Waals surface area contributed by atoms with E-state index in [-0.39, 0.29) is 23.0 Å². The number of hydrogen-bond acceptors (Lipinski definition) is 4. The number of benzene rings is 1. The lowest BCUT2D eigenvalue weighted by Gasteiger charge is -2.27. The number of rotatable bonds is 6. The van der Waals surface area contributed by atoms with E-state index < -0.39 is 21.8 Å². The highest BCUT2D eigenvalue weighted by Crippen LogP contribution is 2.24. The Balaban J connectivity index is 3.49. The molecule has 0 aliphatic carbocycles. The summed E-state index contributed by atoms with van der Waals surface area (Å²) in [7, 11) is -2.83. The molecule has 7 heteroatoms. The van der Waals surface area contributed by atoms with Crippen molar-refractivity contribution < 1.29 is 22.3 Å². The molecule has 1 aromatic rings. The second-order valence-corrected chi connectivity index (χ2v) is 6.46. The molecular formula is C14H20FNO4S. The summed E-state index contributed by atoms with van der Waals surface area (Å²) in [5.41, 5.74) is -0.166. The lowest BCUT2D eigenvalue weighted by atomic mass is 10.2. The molecule has 0 bridgehead atoms. The van der Waals surface area contributed by atoms with Crippen LogP contribution in [0.4, 0.5) is 4.39 Å². The van der Waals surface area contributed by atoms with E-state index in [2.05, 4.69) is 4.74 Å². The summed E-state index contributed by atoms with van der Waals surface area (Å²) in [4.78, 5) is 11.4. The van der Waals surface area contributed by atoms with Crippen molar-refractivity contribution in [1.82, 2.24) is 4.31 Å². The lowest BCUT2D eigenvalue weighted by molar-refractivity contribution is 0.0596. The molecular weight excluding hydrogens is 297 g/mol. The number of hydrogen-bond donors (Lipinski definition) is 0. The first kappa shape index (κ1) is 17.6. The summed E-state index contributed by atoms with van der Waals surface area (Å²) in [6, 6.07) is 2.75. The third-order valence-corrected chi connectivity index (χ3v) is 5.46. The highest BCUT2D eigenvalue weighted by molar-refractivity contribution is 7.89. The Morgan fingerprint density at radius 2 is 2.00 bits per heavy atom. The van der Waals surface area contributed by atoms with E-state index >= 15 is 0 Å². The first-order chi connectivity index (χ1) is 9.79. The quantitative estimate of drug-likeness (QED) is 0.756. The molecule has 0 fully saturated rings. The number of nitrogens with zero attached hydrogens (tertiary/aromatic N) is 1. The molecule has 1 atom stereocenters. The van der Waals surface area contributed by atoms with Gasteiger partial charge in [-0.3, -0.25) is 0 Å². The van der Waals surface area contributed by atoms with Crippen molar-refractivity contribution in [3.05, 3.63) is 29.6 Å². The predicted molar refractivity (Wildman–Crippen MR) is 77.1 cm³/mol. The van der Waals surface area contributed by atoms with Gasteiger partial charge in [-0.1, -0.05) is 13.8 Å². The van der Waals surface area contributed by atoms with Gasteiger partial charge in [-0.25, -0.2) is 17.6 Å². The van der Waals surface area contributed by atoms with E-state index in [1.807, 2.05) is 6.92 Å². The average Bonchev–Trinajstić information content (AvgIpc) is 2.46. The van der Waals surface area contributed by atoms with Gasteiger partial charge in [0.2, 0.25) is 10.0 Å². The molecule has 118 valence electrons. The van der Waals surface area contributed by atoms with E-state index in [9.17, 15) is 17.6 Å². The second-order valence-electron chi connectivity index (χ2n) is 4.60. The van der Waals surface area contributed by atoms with Gasteiger partial charge in [-0.2, -0.15) is 4.31 Å². The largest absolute Gasteiger partial charge is 0.465 e. The molecule has 0 aliphatic rings. The summed E-state index contributed by atoms with van der Waals surface area (Å²) in [6.45, 7) is 5.54. The smallest absolute Gasteiger partial charge is 0.339 e. The van der Waals surface area contributed by atoms with Gasteiger partial charge in [0, 0.05) is 12.6 Å². The molecule has 0 aliphatic heterocycles. The van der Waals surface area contributed by atoms with Crippen LogP contribution < -0.4 is 0 Å². The maximum Gasteiger partial charge on any atom is 0.339 e. The Kier molecular flexibility index (Phi) is 5.86. The number of methoxy groups -OCH3 is 1. The van der Waals surface area contributed by atoms with Crippen molar-refractivity contribution in [2.75, 3.05) is 13.7 Å². The molecule has 1 aromatic carbocycles. The van der Waals surface area contributed by atoms with Crippen LogP contribution in [-0.2, 0) is 14.8 Å². The Labute approximate surface area is 124 Å². The fourth-order valence-electron chi connectivity index (χ4n) is 2.04. The third kappa shape index (κ3) is 3.59. The van der Waals surface area contributed by atoms with Crippen LogP contribution >= 0.6 is 0 Å². The number of esters is 1. The first-order valence-electron chi connectivity index (χ1n) is 6.69. The maximum absolute atomic E-state index is 13.5. The van der Waals surface area contributed by atoms with Crippen molar-refractivity contribution in [2.24, 2.45) is 0 Å². The number of sulfonamides is 1. The summed E-state index contributed by atoms with van der Waals surface area (Å²) >= 11 is 0. The van der Waals surface area contributed by atoms with Crippen LogP contribution in [0.15, 0.2) is 23.1 Å². The fraction of sp³-hybridized carbons (Fsp3) is 0.500. The van der Waals surface area contributed by atoms with Crippen LogP contribution in [0.5, 0.6) is 0 Å². The summed E-state index contributed by atoms with van der Waals surface area (Å²) in [6.07, 6.45) is 0.607. The van der Waals surface area contributed by atoms with Crippen LogP contribution in [-0.4, -0.2) is 38.4 Å². The van der Waals surface area contributed by atoms with Crippen molar-refractivity contribution in [1.29, 1.82) is 0 Å². The normalized spacial score (nSPS) is 13.2. The molecule has 0 radical (unpaired) electrons. The highest BCUT2D eigenvalue weighted by atomic mass is 32.2. The molecule has 5 nitrogen and oxygen atoms in total. The van der Waals surface area contributed by atoms with E-state index in [1.165, 1.54) is 4.31 Å². The maximum atomic E-state index is 13.5. The zero-order chi connectivity index (χ0) is 16.2. The van der Waals surface area contributed by atoms with Crippen LogP contribution in [0.25, 0.3) is 0 Å². The van der Waals surface area contributed by atoms with Crippen molar-refractivity contribution in [2.45, 2.75) is 38.1 Å². The minimum absolute atomic E-state index is 0.166. The van der Waals surface area contributed by atoms with E-state index in [0.29, 0.717) is 6.42 Å². The van der Waals surface area contributed by atoms with Crippen molar-refractivity contribution in [3.63, 3.8) is 0 Å². The SMILES string of the molecule is CCC(C)N(CC)S(=O)(=O)c1cc(F)ccc1C(=O)OC. The third-order valence-electron chi connectivity index (χ3n) is 3.33. The van der Waals surface area contributed by atoms with E-state index in [0.717, 1.165) is 25.3 Å². The van der Waals surface area contributed by atoms with Gasteiger partial charge in [0.1, 0.15) is 5.82 Å². The number of carbonyl (C=O) groups is 1. The van der Waals surface area contributed by atoms with Crippen LogP contribution in [0.1, 0.15) is 37.6 Å². The van der Waals surface area contributed by atoms with Crippen molar-refractivity contribution >= 4 is 16.0 Å². The zero-order valence-corrected chi connectivity index (χ0v) is 13.4. The monoisotopic (exact) mass is 317 g/mol. The molecule has 1 unspecified atom stereocenters. The Hall–Kier alpha value is -1.47. The minimum atomic E-state index is -3.98. The molecule has 0 spiro atoms. The molecule has 0 aromatic heterocycles. The van der Waals surface area contributed by atoms with Gasteiger partial charge in [-0.15, -0.1) is 0 Å². The lowest BCUT2D eigenvalue weighted by Crippen LogP contribution is -2.38. The van der Waals surface area contributed by atoms with Crippen LogP contribution in [0.3, 0.4) is 0 Å². The topological polar surface area (TPSA) is 63.7 Å². The highest BCUT2D eigenvalue weighted by Gasteiger charge is 2.31. The first-order valence-corrected chi connectivity index (χ1v) is 8.13. The molecule has 0 saturated heterocycles. The predicted octanol–water partition coefficient (Wildman–Crippen LogP) is 2.42. The van der Waals surface area contributed by atoms with Gasteiger partial charge in [0.25, 0.3) is 0 Å². The van der Waals surface area contributed by atoms with Gasteiger partial charge < -0.3 is 4.74 Å². The standard InChI is InChI=1S/C14H20FNO4S/c1-5-10(3)16(6-2)21(18,19)13-9-11(15)7-8-12(13)14(17)20-4/h7-10H,5-6H2,1-4H3. The Morgan fingerprint density at radius 1 is 1.38 bits per heavy atom. The molecule has 0 N–H and O–H groups in total. The van der Waals surface area contributed by atoms with Gasteiger partial charge >= 0.3 is 5.97 Å². The summed E-state index contributed by atoms with van der Waals surface area (Å²) in [5.74, 6) is -1.53. The number of ether oxygens (including phenoxy) is 1. The van der Waals surface area contributed by atoms with Crippen LogP contribution in [0.2, 0.25) is 0 Å². The fourth-order valence-corrected chi connectivity index (χ4v) is 3.94. The second kappa shape index (κ2) is 7.00. The number of carbonyl (C=O) groups excluding carboxylic acids is 1. The van der Waals surface area contributed by atoms with Crippen molar-refractivity contribution in [3.8, 4) is 0 Å². The molecule has 0 amide bonds. The zero-order valence-electron chi connectivity index (χ0n) is 12.6. The van der Waals surface area contributed by atoms with Gasteiger partial charge in [-0.05, 0) is 31.5 Å². The molecule has 21 heavy (non-hydrogen) atoms. The summed E-state index contributed by atoms with van der Waals surface area (Å²) < 4.78 is 44.7. The van der Waals surface area contributed by atoms with Gasteiger partial charge in [0.15, 0.2) is 0 Å². The minimum Gasteiger partial charge on any atom is -0.465 e. The van der Waals surface area contributed by atoms with E-state index in [1.54, 1.807) is 13.8 Å². The molecule has 0 heterocycles.